The summed E-state index contributed by atoms with van der Waals surface area (Å²) < 4.78 is 69.7. The number of nitrogens with one attached hydrogen (secondary N) is 1. The summed E-state index contributed by atoms with van der Waals surface area (Å²) in [6, 6.07) is 4.12. The van der Waals surface area contributed by atoms with Crippen molar-refractivity contribution in [3.8, 4) is 5.75 Å². The van der Waals surface area contributed by atoms with Crippen molar-refractivity contribution >= 4 is 23.5 Å². The molecular weight excluding hydrogens is 476 g/mol. The topological polar surface area (TPSA) is 99.0 Å². The third-order valence-electron chi connectivity index (χ3n) is 5.03. The lowest BCUT2D eigenvalue weighted by molar-refractivity contribution is -0.357. The van der Waals surface area contributed by atoms with Crippen LogP contribution in [0.1, 0.15) is 18.7 Å². The van der Waals surface area contributed by atoms with Crippen LogP contribution in [0.3, 0.4) is 0 Å². The molecule has 2 heterocycles. The molecule has 0 radical (unpaired) electrons. The van der Waals surface area contributed by atoms with Crippen LogP contribution in [0.5, 0.6) is 5.75 Å². The zero-order valence-corrected chi connectivity index (χ0v) is 17.7. The Hall–Kier alpha value is -2.64. The highest BCUT2D eigenvalue weighted by molar-refractivity contribution is 6.30. The van der Waals surface area contributed by atoms with Crippen molar-refractivity contribution in [3.05, 3.63) is 34.9 Å². The van der Waals surface area contributed by atoms with Gasteiger partial charge in [0, 0.05) is 32.0 Å². The third kappa shape index (κ3) is 6.45. The summed E-state index contributed by atoms with van der Waals surface area (Å²) in [5, 5.41) is 10.5. The molecule has 1 saturated heterocycles. The highest BCUT2D eigenvalue weighted by atomic mass is 35.5. The lowest BCUT2D eigenvalue weighted by Crippen LogP contribution is -2.60. The number of aromatic nitrogens is 2. The van der Waals surface area contributed by atoms with Crippen LogP contribution in [-0.4, -0.2) is 60.4 Å². The van der Waals surface area contributed by atoms with Crippen molar-refractivity contribution in [2.75, 3.05) is 24.6 Å². The number of hydrogen-bond acceptors (Lipinski definition) is 8. The van der Waals surface area contributed by atoms with Crippen molar-refractivity contribution < 1.29 is 41.0 Å². The molecule has 1 aromatic heterocycles. The molecule has 2 aromatic rings. The first-order valence-electron chi connectivity index (χ1n) is 9.95. The second kappa shape index (κ2) is 9.69. The number of benzene rings is 1. The minimum atomic E-state index is -4.66. The predicted octanol–water partition coefficient (Wildman–Crippen LogP) is 2.83. The Kier molecular flexibility index (Phi) is 6.91. The summed E-state index contributed by atoms with van der Waals surface area (Å²) in [7, 11) is 0. The van der Waals surface area contributed by atoms with E-state index in [1.54, 1.807) is 4.90 Å². The molecule has 1 aromatic carbocycles. The average Bonchev–Trinajstić information content (AvgIpc) is 3.14. The van der Waals surface area contributed by atoms with Crippen molar-refractivity contribution in [1.29, 1.82) is 0 Å². The minimum absolute atomic E-state index is 0.0133. The van der Waals surface area contributed by atoms with Gasteiger partial charge in [0.15, 0.2) is 6.61 Å². The van der Waals surface area contributed by atoms with E-state index in [0.717, 1.165) is 6.07 Å². The number of carbonyl (C=O) groups is 1. The van der Waals surface area contributed by atoms with Gasteiger partial charge in [0.25, 0.3) is 5.89 Å². The van der Waals surface area contributed by atoms with Gasteiger partial charge >= 0.3 is 12.4 Å². The second-order valence-corrected chi connectivity index (χ2v) is 8.01. The molecule has 4 rings (SSSR count). The molecule has 1 aliphatic carbocycles. The Morgan fingerprint density at radius 2 is 2.00 bits per heavy atom. The number of amides is 1. The molecule has 1 amide bonds. The molecule has 2 fully saturated rings. The van der Waals surface area contributed by atoms with Crippen molar-refractivity contribution in [3.63, 3.8) is 0 Å². The highest BCUT2D eigenvalue weighted by Gasteiger charge is 2.41. The van der Waals surface area contributed by atoms with Crippen LogP contribution < -0.4 is 15.0 Å². The smallest absolute Gasteiger partial charge is 0.484 e. The maximum Gasteiger partial charge on any atom is 0.522 e. The predicted molar refractivity (Wildman–Crippen MR) is 104 cm³/mol. The fourth-order valence-electron chi connectivity index (χ4n) is 3.27. The van der Waals surface area contributed by atoms with Gasteiger partial charge in [-0.3, -0.25) is 9.53 Å². The number of hydrogen-bond donors (Lipinski definition) is 1. The van der Waals surface area contributed by atoms with Gasteiger partial charge in [0.1, 0.15) is 18.2 Å². The number of nitrogens with zero attached hydrogens (tertiary/aromatic N) is 3. The fourth-order valence-corrected chi connectivity index (χ4v) is 3.39. The van der Waals surface area contributed by atoms with Crippen molar-refractivity contribution in [1.82, 2.24) is 15.5 Å². The molecule has 0 bridgehead atoms. The molecule has 33 heavy (non-hydrogen) atoms. The molecule has 0 unspecified atom stereocenters. The third-order valence-corrected chi connectivity index (χ3v) is 5.34. The first-order valence-corrected chi connectivity index (χ1v) is 10.3. The summed E-state index contributed by atoms with van der Waals surface area (Å²) in [6.45, 7) is 0.561. The fraction of sp³-hybridized carbons (Fsp3) is 0.526. The normalized spacial score (nSPS) is 20.8. The van der Waals surface area contributed by atoms with Crippen molar-refractivity contribution in [2.24, 2.45) is 0 Å². The second-order valence-electron chi connectivity index (χ2n) is 7.60. The maximum atomic E-state index is 13.4. The standard InChI is InChI=1S/C19H19ClF4N4O5/c20-14-2-1-11(5-15(14)21)31-9-17-26-27-18(32-17)28-6-10(7-28)25-16(29)8-30-12-3-13(4-12)33-19(22,23)24/h1-2,5,10,12-13H,3-4,6-9H2,(H,25,29)/t12-,13-. The lowest BCUT2D eigenvalue weighted by Gasteiger charge is -2.38. The molecule has 0 spiro atoms. The number of carbonyl (C=O) groups excluding carboxylic acids is 1. The molecule has 1 aliphatic heterocycles. The van der Waals surface area contributed by atoms with E-state index in [0.29, 0.717) is 13.1 Å². The number of alkyl halides is 3. The van der Waals surface area contributed by atoms with Crippen LogP contribution in [0.4, 0.5) is 23.6 Å². The summed E-state index contributed by atoms with van der Waals surface area (Å²) in [5.41, 5.74) is 0. The Morgan fingerprint density at radius 1 is 1.24 bits per heavy atom. The Bertz CT molecular complexity index is 979. The maximum absolute atomic E-state index is 13.4. The van der Waals surface area contributed by atoms with Crippen LogP contribution in [0.2, 0.25) is 5.02 Å². The van der Waals surface area contributed by atoms with E-state index >= 15 is 0 Å². The first-order chi connectivity index (χ1) is 15.6. The number of anilines is 1. The quantitative estimate of drug-likeness (QED) is 0.531. The van der Waals surface area contributed by atoms with E-state index in [2.05, 4.69) is 20.3 Å². The van der Waals surface area contributed by atoms with Gasteiger partial charge in [-0.05, 0) is 12.1 Å². The van der Waals surface area contributed by atoms with E-state index < -0.39 is 24.4 Å². The van der Waals surface area contributed by atoms with E-state index in [9.17, 15) is 22.4 Å². The molecule has 1 N–H and O–H groups in total. The molecule has 9 nitrogen and oxygen atoms in total. The number of halogens is 5. The molecule has 180 valence electrons. The monoisotopic (exact) mass is 494 g/mol. The van der Waals surface area contributed by atoms with Gasteiger partial charge in [-0.15, -0.1) is 18.3 Å². The van der Waals surface area contributed by atoms with E-state index in [1.807, 2.05) is 0 Å². The summed E-state index contributed by atoms with van der Waals surface area (Å²) >= 11 is 5.62. The van der Waals surface area contributed by atoms with Gasteiger partial charge in [0.2, 0.25) is 5.91 Å². The zero-order chi connectivity index (χ0) is 23.6. The van der Waals surface area contributed by atoms with Crippen LogP contribution in [-0.2, 0) is 20.9 Å². The van der Waals surface area contributed by atoms with Gasteiger partial charge in [-0.2, -0.15) is 0 Å². The van der Waals surface area contributed by atoms with E-state index in [-0.39, 0.29) is 60.7 Å². The largest absolute Gasteiger partial charge is 0.522 e. The zero-order valence-electron chi connectivity index (χ0n) is 17.0. The average molecular weight is 495 g/mol. The van der Waals surface area contributed by atoms with Crippen LogP contribution in [0.25, 0.3) is 0 Å². The van der Waals surface area contributed by atoms with Gasteiger partial charge in [-0.25, -0.2) is 4.39 Å². The summed E-state index contributed by atoms with van der Waals surface area (Å²) in [5.74, 6) is -0.521. The molecule has 1 saturated carbocycles. The van der Waals surface area contributed by atoms with Gasteiger partial charge in [-0.1, -0.05) is 16.7 Å². The summed E-state index contributed by atoms with van der Waals surface area (Å²) in [4.78, 5) is 13.7. The van der Waals surface area contributed by atoms with Gasteiger partial charge in [0.05, 0.1) is 23.3 Å². The van der Waals surface area contributed by atoms with E-state index in [4.69, 9.17) is 25.5 Å². The SMILES string of the molecule is O=C(CO[C@H]1C[C@H](OC(F)(F)F)C1)NC1CN(c2nnc(COc3ccc(Cl)c(F)c3)o2)C1. The minimum Gasteiger partial charge on any atom is -0.484 e. The Morgan fingerprint density at radius 3 is 2.70 bits per heavy atom. The van der Waals surface area contributed by atoms with Crippen LogP contribution >= 0.6 is 11.6 Å². The lowest BCUT2D eigenvalue weighted by atomic mass is 9.92. The summed E-state index contributed by atoms with van der Waals surface area (Å²) in [6.07, 6.45) is -5.81. The first kappa shape index (κ1) is 23.5. The molecular formula is C19H19ClF4N4O5. The number of ether oxygens (including phenoxy) is 3. The van der Waals surface area contributed by atoms with Gasteiger partial charge < -0.3 is 24.1 Å². The number of rotatable bonds is 9. The Labute approximate surface area is 189 Å². The Balaban J connectivity index is 1.11. The van der Waals surface area contributed by atoms with Crippen LogP contribution in [0.15, 0.2) is 22.6 Å². The van der Waals surface area contributed by atoms with E-state index in [1.165, 1.54) is 12.1 Å². The molecule has 2 aliphatic rings. The molecule has 0 atom stereocenters. The highest BCUT2D eigenvalue weighted by Crippen LogP contribution is 2.32. The molecule has 14 heteroatoms. The van der Waals surface area contributed by atoms with Crippen LogP contribution in [0, 0.1) is 5.82 Å². The van der Waals surface area contributed by atoms with Crippen molar-refractivity contribution in [2.45, 2.75) is 44.1 Å².